The van der Waals surface area contributed by atoms with Crippen LogP contribution in [-0.4, -0.2) is 19.5 Å². The molecule has 2 aliphatic carbocycles. The van der Waals surface area contributed by atoms with E-state index in [9.17, 15) is 4.79 Å². The fourth-order valence-electron chi connectivity index (χ4n) is 4.21. The zero-order valence-corrected chi connectivity index (χ0v) is 9.28. The van der Waals surface area contributed by atoms with Gasteiger partial charge in [0.15, 0.2) is 0 Å². The van der Waals surface area contributed by atoms with Crippen LogP contribution in [0.2, 0.25) is 0 Å². The van der Waals surface area contributed by atoms with Crippen LogP contribution in [0.15, 0.2) is 0 Å². The molecule has 4 atom stereocenters. The molecule has 2 saturated carbocycles. The van der Waals surface area contributed by atoms with Crippen molar-refractivity contribution >= 4 is 6.29 Å². The first kappa shape index (κ1) is 9.83. The summed E-state index contributed by atoms with van der Waals surface area (Å²) >= 11 is 0. The molecule has 4 unspecified atom stereocenters. The highest BCUT2D eigenvalue weighted by Crippen LogP contribution is 2.57. The van der Waals surface area contributed by atoms with Crippen LogP contribution in [0.5, 0.6) is 0 Å². The monoisotopic (exact) mass is 208 g/mol. The number of carbonyl (C=O) groups is 1. The van der Waals surface area contributed by atoms with E-state index in [1.54, 1.807) is 0 Å². The Labute approximate surface area is 91.4 Å². The SMILES string of the molecule is O=CC1(CC2CCOC2)CC2CCC1C2. The fourth-order valence-corrected chi connectivity index (χ4v) is 4.21. The summed E-state index contributed by atoms with van der Waals surface area (Å²) in [5.41, 5.74) is 0.0568. The lowest BCUT2D eigenvalue weighted by atomic mass is 9.69. The summed E-state index contributed by atoms with van der Waals surface area (Å²) in [6.45, 7) is 1.81. The van der Waals surface area contributed by atoms with Crippen molar-refractivity contribution in [2.45, 2.75) is 38.5 Å². The summed E-state index contributed by atoms with van der Waals surface area (Å²) in [5, 5.41) is 0. The molecule has 0 aromatic rings. The topological polar surface area (TPSA) is 26.3 Å². The van der Waals surface area contributed by atoms with Crippen LogP contribution in [0.3, 0.4) is 0 Å². The fraction of sp³-hybridized carbons (Fsp3) is 0.923. The van der Waals surface area contributed by atoms with E-state index in [-0.39, 0.29) is 5.41 Å². The van der Waals surface area contributed by atoms with Gasteiger partial charge in [0.05, 0.1) is 0 Å². The van der Waals surface area contributed by atoms with Crippen molar-refractivity contribution in [1.29, 1.82) is 0 Å². The Morgan fingerprint density at radius 1 is 1.33 bits per heavy atom. The second kappa shape index (κ2) is 3.58. The number of carbonyl (C=O) groups excluding carboxylic acids is 1. The van der Waals surface area contributed by atoms with Crippen molar-refractivity contribution < 1.29 is 9.53 Å². The summed E-state index contributed by atoms with van der Waals surface area (Å²) in [7, 11) is 0. The number of fused-ring (bicyclic) bond motifs is 2. The minimum Gasteiger partial charge on any atom is -0.381 e. The molecule has 0 aromatic heterocycles. The molecule has 0 radical (unpaired) electrons. The van der Waals surface area contributed by atoms with Gasteiger partial charge in [-0.3, -0.25) is 0 Å². The van der Waals surface area contributed by atoms with Crippen molar-refractivity contribution in [2.24, 2.45) is 23.2 Å². The second-order valence-corrected chi connectivity index (χ2v) is 5.86. The Balaban J connectivity index is 1.72. The standard InChI is InChI=1S/C13H20O2/c14-9-13(7-11-3-4-15-8-11)6-10-1-2-12(13)5-10/h9-12H,1-8H2. The molecule has 0 aromatic carbocycles. The predicted molar refractivity (Wildman–Crippen MR) is 57.5 cm³/mol. The Morgan fingerprint density at radius 2 is 2.27 bits per heavy atom. The molecule has 1 heterocycles. The van der Waals surface area contributed by atoms with E-state index in [2.05, 4.69) is 0 Å². The molecule has 0 spiro atoms. The summed E-state index contributed by atoms with van der Waals surface area (Å²) < 4.78 is 5.42. The van der Waals surface area contributed by atoms with Crippen LogP contribution in [0.1, 0.15) is 38.5 Å². The van der Waals surface area contributed by atoms with Gasteiger partial charge in [-0.15, -0.1) is 0 Å². The van der Waals surface area contributed by atoms with Gasteiger partial charge in [-0.05, 0) is 49.9 Å². The van der Waals surface area contributed by atoms with Gasteiger partial charge < -0.3 is 9.53 Å². The third-order valence-electron chi connectivity index (χ3n) is 4.95. The van der Waals surface area contributed by atoms with Crippen molar-refractivity contribution in [1.82, 2.24) is 0 Å². The third-order valence-corrected chi connectivity index (χ3v) is 4.95. The Morgan fingerprint density at radius 3 is 2.80 bits per heavy atom. The summed E-state index contributed by atoms with van der Waals surface area (Å²) in [5.74, 6) is 2.23. The zero-order valence-electron chi connectivity index (χ0n) is 9.28. The van der Waals surface area contributed by atoms with E-state index in [1.165, 1.54) is 38.4 Å². The van der Waals surface area contributed by atoms with Gasteiger partial charge in [0.2, 0.25) is 0 Å². The first-order valence-electron chi connectivity index (χ1n) is 6.36. The van der Waals surface area contributed by atoms with Crippen LogP contribution in [0.4, 0.5) is 0 Å². The van der Waals surface area contributed by atoms with Gasteiger partial charge in [0, 0.05) is 18.6 Å². The van der Waals surface area contributed by atoms with Crippen LogP contribution in [-0.2, 0) is 9.53 Å². The van der Waals surface area contributed by atoms with Gasteiger partial charge in [0.1, 0.15) is 6.29 Å². The van der Waals surface area contributed by atoms with Gasteiger partial charge in [-0.25, -0.2) is 0 Å². The minimum absolute atomic E-state index is 0.0568. The van der Waals surface area contributed by atoms with E-state index in [4.69, 9.17) is 4.74 Å². The lowest BCUT2D eigenvalue weighted by Crippen LogP contribution is -2.32. The van der Waals surface area contributed by atoms with E-state index < -0.39 is 0 Å². The lowest BCUT2D eigenvalue weighted by molar-refractivity contribution is -0.120. The quantitative estimate of drug-likeness (QED) is 0.666. The smallest absolute Gasteiger partial charge is 0.126 e. The molecule has 1 aliphatic heterocycles. The summed E-state index contributed by atoms with van der Waals surface area (Å²) in [4.78, 5) is 11.5. The van der Waals surface area contributed by atoms with Gasteiger partial charge in [-0.2, -0.15) is 0 Å². The summed E-state index contributed by atoms with van der Waals surface area (Å²) in [6.07, 6.45) is 8.77. The van der Waals surface area contributed by atoms with Crippen molar-refractivity contribution in [3.05, 3.63) is 0 Å². The number of rotatable bonds is 3. The third kappa shape index (κ3) is 1.54. The predicted octanol–water partition coefficient (Wildman–Crippen LogP) is 2.42. The highest BCUT2D eigenvalue weighted by Gasteiger charge is 2.51. The number of aldehydes is 1. The maximum atomic E-state index is 11.5. The average Bonchev–Trinajstić information content (AvgIpc) is 2.93. The van der Waals surface area contributed by atoms with Crippen LogP contribution < -0.4 is 0 Å². The number of ether oxygens (including phenoxy) is 1. The molecule has 84 valence electrons. The Bertz CT molecular complexity index is 257. The van der Waals surface area contributed by atoms with Crippen molar-refractivity contribution in [2.75, 3.05) is 13.2 Å². The molecule has 3 fully saturated rings. The van der Waals surface area contributed by atoms with E-state index in [0.717, 1.165) is 25.6 Å². The molecule has 2 heteroatoms. The van der Waals surface area contributed by atoms with Crippen molar-refractivity contribution in [3.63, 3.8) is 0 Å². The summed E-state index contributed by atoms with van der Waals surface area (Å²) in [6, 6.07) is 0. The molecule has 2 bridgehead atoms. The molecule has 2 nitrogen and oxygen atoms in total. The Hall–Kier alpha value is -0.370. The largest absolute Gasteiger partial charge is 0.381 e. The maximum absolute atomic E-state index is 11.5. The first-order valence-corrected chi connectivity index (χ1v) is 6.36. The second-order valence-electron chi connectivity index (χ2n) is 5.86. The molecule has 3 rings (SSSR count). The minimum atomic E-state index is 0.0568. The van der Waals surface area contributed by atoms with Gasteiger partial charge >= 0.3 is 0 Å². The van der Waals surface area contributed by atoms with E-state index >= 15 is 0 Å². The molecule has 15 heavy (non-hydrogen) atoms. The molecule has 1 saturated heterocycles. The maximum Gasteiger partial charge on any atom is 0.126 e. The normalized spacial score (nSPS) is 48.7. The van der Waals surface area contributed by atoms with Crippen LogP contribution >= 0.6 is 0 Å². The Kier molecular flexibility index (Phi) is 2.35. The molecular weight excluding hydrogens is 188 g/mol. The van der Waals surface area contributed by atoms with Crippen molar-refractivity contribution in [3.8, 4) is 0 Å². The number of hydrogen-bond donors (Lipinski definition) is 0. The molecule has 0 amide bonds. The van der Waals surface area contributed by atoms with Crippen LogP contribution in [0, 0.1) is 23.2 Å². The molecular formula is C13H20O2. The first-order chi connectivity index (χ1) is 7.32. The van der Waals surface area contributed by atoms with Gasteiger partial charge in [0.25, 0.3) is 0 Å². The van der Waals surface area contributed by atoms with Gasteiger partial charge in [-0.1, -0.05) is 6.42 Å². The number of hydrogen-bond acceptors (Lipinski definition) is 2. The molecule has 3 aliphatic rings. The average molecular weight is 208 g/mol. The molecule has 0 N–H and O–H groups in total. The van der Waals surface area contributed by atoms with E-state index in [0.29, 0.717) is 11.8 Å². The lowest BCUT2D eigenvalue weighted by Gasteiger charge is -2.34. The highest BCUT2D eigenvalue weighted by atomic mass is 16.5. The highest BCUT2D eigenvalue weighted by molar-refractivity contribution is 5.61. The van der Waals surface area contributed by atoms with E-state index in [1.807, 2.05) is 0 Å². The zero-order chi connectivity index (χ0) is 10.3. The van der Waals surface area contributed by atoms with Crippen LogP contribution in [0.25, 0.3) is 0 Å².